The van der Waals surface area contributed by atoms with Gasteiger partial charge in [0.2, 0.25) is 0 Å². The summed E-state index contributed by atoms with van der Waals surface area (Å²) >= 11 is 0. The van der Waals surface area contributed by atoms with Crippen LogP contribution in [-0.2, 0) is 13.5 Å². The predicted octanol–water partition coefficient (Wildman–Crippen LogP) is 2.77. The molecule has 0 bridgehead atoms. The molecule has 0 spiro atoms. The van der Waals surface area contributed by atoms with Crippen molar-refractivity contribution < 1.29 is 0 Å². The number of aryl methyl sites for hydroxylation is 1. The van der Waals surface area contributed by atoms with Gasteiger partial charge >= 0.3 is 0 Å². The molecule has 0 aromatic carbocycles. The molecule has 1 heterocycles. The van der Waals surface area contributed by atoms with E-state index >= 15 is 0 Å². The first-order valence-corrected chi connectivity index (χ1v) is 7.37. The third kappa shape index (κ3) is 3.35. The zero-order valence-electron chi connectivity index (χ0n) is 12.0. The molecule has 1 N–H and O–H groups in total. The Morgan fingerprint density at radius 3 is 2.61 bits per heavy atom. The lowest BCUT2D eigenvalue weighted by molar-refractivity contribution is 0.222. The minimum atomic E-state index is 0.618. The van der Waals surface area contributed by atoms with Gasteiger partial charge in [-0.1, -0.05) is 26.2 Å². The molecular weight excluding hydrogens is 222 g/mol. The van der Waals surface area contributed by atoms with E-state index in [2.05, 4.69) is 30.6 Å². The molecule has 1 fully saturated rings. The van der Waals surface area contributed by atoms with Crippen molar-refractivity contribution in [1.82, 2.24) is 15.1 Å². The second-order valence-corrected chi connectivity index (χ2v) is 5.81. The summed E-state index contributed by atoms with van der Waals surface area (Å²) in [4.78, 5) is 0. The topological polar surface area (TPSA) is 29.9 Å². The van der Waals surface area contributed by atoms with Crippen molar-refractivity contribution in [1.29, 1.82) is 0 Å². The lowest BCUT2D eigenvalue weighted by atomic mass is 9.76. The normalized spacial score (nSPS) is 26.2. The monoisotopic (exact) mass is 249 g/mol. The van der Waals surface area contributed by atoms with Gasteiger partial charge in [-0.25, -0.2) is 0 Å². The van der Waals surface area contributed by atoms with E-state index in [9.17, 15) is 0 Å². The SMILES string of the molecule is CCC1CCC(C(Cc2cnn(C)c2)NC)CC1. The van der Waals surface area contributed by atoms with Gasteiger partial charge in [-0.15, -0.1) is 0 Å². The van der Waals surface area contributed by atoms with E-state index in [-0.39, 0.29) is 0 Å². The van der Waals surface area contributed by atoms with Gasteiger partial charge < -0.3 is 5.32 Å². The molecule has 18 heavy (non-hydrogen) atoms. The van der Waals surface area contributed by atoms with Gasteiger partial charge in [-0.05, 0) is 43.7 Å². The van der Waals surface area contributed by atoms with Crippen molar-refractivity contribution in [3.63, 3.8) is 0 Å². The smallest absolute Gasteiger partial charge is 0.0522 e. The van der Waals surface area contributed by atoms with Crippen LogP contribution in [0.3, 0.4) is 0 Å². The molecule has 1 aliphatic carbocycles. The first-order valence-electron chi connectivity index (χ1n) is 7.37. The first-order chi connectivity index (χ1) is 8.72. The summed E-state index contributed by atoms with van der Waals surface area (Å²) in [5.41, 5.74) is 1.36. The first kappa shape index (κ1) is 13.6. The molecule has 1 unspecified atom stereocenters. The number of likely N-dealkylation sites (N-methyl/N-ethyl adjacent to an activating group) is 1. The highest BCUT2D eigenvalue weighted by Crippen LogP contribution is 2.33. The Hall–Kier alpha value is -0.830. The van der Waals surface area contributed by atoms with Crippen LogP contribution >= 0.6 is 0 Å². The van der Waals surface area contributed by atoms with Crippen molar-refractivity contribution >= 4 is 0 Å². The Morgan fingerprint density at radius 2 is 2.11 bits per heavy atom. The van der Waals surface area contributed by atoms with Gasteiger partial charge in [0.15, 0.2) is 0 Å². The van der Waals surface area contributed by atoms with E-state index in [4.69, 9.17) is 0 Å². The molecule has 0 amide bonds. The predicted molar refractivity (Wildman–Crippen MR) is 75.5 cm³/mol. The van der Waals surface area contributed by atoms with Crippen molar-refractivity contribution in [2.24, 2.45) is 18.9 Å². The summed E-state index contributed by atoms with van der Waals surface area (Å²) in [6.07, 6.45) is 12.3. The molecule has 1 aliphatic rings. The minimum absolute atomic E-state index is 0.618. The van der Waals surface area contributed by atoms with Crippen LogP contribution < -0.4 is 5.32 Å². The Bertz CT molecular complexity index is 350. The summed E-state index contributed by atoms with van der Waals surface area (Å²) in [7, 11) is 4.09. The van der Waals surface area contributed by atoms with Gasteiger partial charge in [-0.3, -0.25) is 4.68 Å². The number of nitrogens with zero attached hydrogens (tertiary/aromatic N) is 2. The fourth-order valence-corrected chi connectivity index (χ4v) is 3.33. The van der Waals surface area contributed by atoms with Gasteiger partial charge in [0.1, 0.15) is 0 Å². The number of aromatic nitrogens is 2. The number of rotatable bonds is 5. The van der Waals surface area contributed by atoms with Gasteiger partial charge in [0, 0.05) is 19.3 Å². The van der Waals surface area contributed by atoms with Gasteiger partial charge in [0.05, 0.1) is 6.20 Å². The van der Waals surface area contributed by atoms with Crippen LogP contribution in [0.5, 0.6) is 0 Å². The second-order valence-electron chi connectivity index (χ2n) is 5.81. The highest BCUT2D eigenvalue weighted by atomic mass is 15.2. The summed E-state index contributed by atoms with van der Waals surface area (Å²) in [5.74, 6) is 1.83. The summed E-state index contributed by atoms with van der Waals surface area (Å²) in [6.45, 7) is 2.33. The molecule has 0 aliphatic heterocycles. The molecule has 0 saturated heterocycles. The van der Waals surface area contributed by atoms with Crippen molar-refractivity contribution in [2.45, 2.75) is 51.5 Å². The number of nitrogens with one attached hydrogen (secondary N) is 1. The largest absolute Gasteiger partial charge is 0.316 e. The highest BCUT2D eigenvalue weighted by molar-refractivity contribution is 5.06. The lowest BCUT2D eigenvalue weighted by Crippen LogP contribution is -2.37. The van der Waals surface area contributed by atoms with Crippen LogP contribution in [0.15, 0.2) is 12.4 Å². The molecule has 0 radical (unpaired) electrons. The molecule has 3 nitrogen and oxygen atoms in total. The molecule has 1 aromatic heterocycles. The van der Waals surface area contributed by atoms with E-state index in [0.717, 1.165) is 18.3 Å². The number of hydrogen-bond acceptors (Lipinski definition) is 2. The molecule has 2 rings (SSSR count). The average Bonchev–Trinajstić information content (AvgIpc) is 2.82. The zero-order valence-corrected chi connectivity index (χ0v) is 12.0. The maximum atomic E-state index is 4.26. The third-order valence-electron chi connectivity index (χ3n) is 4.62. The fraction of sp³-hybridized carbons (Fsp3) is 0.800. The maximum Gasteiger partial charge on any atom is 0.0522 e. The Balaban J connectivity index is 1.89. The van der Waals surface area contributed by atoms with Crippen LogP contribution in [-0.4, -0.2) is 22.9 Å². The average molecular weight is 249 g/mol. The fourth-order valence-electron chi connectivity index (χ4n) is 3.33. The molecule has 102 valence electrons. The Morgan fingerprint density at radius 1 is 1.39 bits per heavy atom. The van der Waals surface area contributed by atoms with Gasteiger partial charge in [0.25, 0.3) is 0 Å². The van der Waals surface area contributed by atoms with Crippen LogP contribution in [0.2, 0.25) is 0 Å². The van der Waals surface area contributed by atoms with E-state index in [1.807, 2.05) is 17.9 Å². The zero-order chi connectivity index (χ0) is 13.0. The Kier molecular flexibility index (Phi) is 4.81. The van der Waals surface area contributed by atoms with E-state index in [1.54, 1.807) is 0 Å². The van der Waals surface area contributed by atoms with Crippen LogP contribution in [0.25, 0.3) is 0 Å². The molecule has 1 saturated carbocycles. The van der Waals surface area contributed by atoms with E-state index < -0.39 is 0 Å². The highest BCUT2D eigenvalue weighted by Gasteiger charge is 2.26. The maximum absolute atomic E-state index is 4.26. The molecular formula is C15H27N3. The third-order valence-corrected chi connectivity index (χ3v) is 4.62. The molecule has 1 atom stereocenters. The number of hydrogen-bond donors (Lipinski definition) is 1. The van der Waals surface area contributed by atoms with Crippen LogP contribution in [0.1, 0.15) is 44.6 Å². The molecule has 3 heteroatoms. The minimum Gasteiger partial charge on any atom is -0.316 e. The van der Waals surface area contributed by atoms with Crippen molar-refractivity contribution in [2.75, 3.05) is 7.05 Å². The summed E-state index contributed by atoms with van der Waals surface area (Å²) in [6, 6.07) is 0.618. The second kappa shape index (κ2) is 6.37. The summed E-state index contributed by atoms with van der Waals surface area (Å²) in [5, 5.41) is 7.79. The van der Waals surface area contributed by atoms with Crippen LogP contribution in [0, 0.1) is 11.8 Å². The van der Waals surface area contributed by atoms with Crippen molar-refractivity contribution in [3.8, 4) is 0 Å². The van der Waals surface area contributed by atoms with Gasteiger partial charge in [-0.2, -0.15) is 5.10 Å². The van der Waals surface area contributed by atoms with E-state index in [1.165, 1.54) is 37.7 Å². The standard InChI is InChI=1S/C15H27N3/c1-4-12-5-7-14(8-6-12)15(16-2)9-13-10-17-18(3)11-13/h10-12,14-16H,4-9H2,1-3H3. The summed E-state index contributed by atoms with van der Waals surface area (Å²) < 4.78 is 1.90. The Labute approximate surface area is 111 Å². The van der Waals surface area contributed by atoms with Crippen molar-refractivity contribution in [3.05, 3.63) is 18.0 Å². The van der Waals surface area contributed by atoms with Crippen LogP contribution in [0.4, 0.5) is 0 Å². The quantitative estimate of drug-likeness (QED) is 0.869. The lowest BCUT2D eigenvalue weighted by Gasteiger charge is -2.33. The van der Waals surface area contributed by atoms with E-state index in [0.29, 0.717) is 6.04 Å². The molecule has 1 aromatic rings.